The molecule has 1 aliphatic heterocycles. The van der Waals surface area contributed by atoms with Crippen molar-refractivity contribution in [1.82, 2.24) is 0 Å². The van der Waals surface area contributed by atoms with Crippen LogP contribution in [0.2, 0.25) is 0 Å². The van der Waals surface area contributed by atoms with Gasteiger partial charge in [0.05, 0.1) is 16.8 Å². The normalized spacial score (nSPS) is 20.2. The zero-order chi connectivity index (χ0) is 23.4. The lowest BCUT2D eigenvalue weighted by Crippen LogP contribution is -2.41. The van der Waals surface area contributed by atoms with Crippen LogP contribution in [0.15, 0.2) is 42.5 Å². The molecule has 1 heterocycles. The third kappa shape index (κ3) is 4.36. The van der Waals surface area contributed by atoms with E-state index in [1.165, 1.54) is 31.2 Å². The highest BCUT2D eigenvalue weighted by atomic mass is 19.4. The second-order valence-electron chi connectivity index (χ2n) is 8.88. The minimum atomic E-state index is -4.60. The van der Waals surface area contributed by atoms with Crippen LogP contribution >= 0.6 is 0 Å². The summed E-state index contributed by atoms with van der Waals surface area (Å²) in [5, 5.41) is 11.0. The molecule has 0 aliphatic carbocycles. The van der Waals surface area contributed by atoms with Crippen molar-refractivity contribution in [2.45, 2.75) is 64.0 Å². The molecule has 1 N–H and O–H groups in total. The summed E-state index contributed by atoms with van der Waals surface area (Å²) < 4.78 is 78.8. The van der Waals surface area contributed by atoms with Gasteiger partial charge in [0.15, 0.2) is 0 Å². The van der Waals surface area contributed by atoms with Crippen molar-refractivity contribution in [3.05, 3.63) is 64.7 Å². The summed E-state index contributed by atoms with van der Waals surface area (Å²) in [5.41, 5.74) is -4.68. The Hall–Kier alpha value is -1.97. The Morgan fingerprint density at radius 1 is 0.871 bits per heavy atom. The molecule has 0 aromatic heterocycles. The van der Waals surface area contributed by atoms with Gasteiger partial charge in [-0.25, -0.2) is 8.78 Å². The van der Waals surface area contributed by atoms with Gasteiger partial charge in [-0.05, 0) is 69.4 Å². The van der Waals surface area contributed by atoms with Gasteiger partial charge in [-0.3, -0.25) is 0 Å². The van der Waals surface area contributed by atoms with Crippen molar-refractivity contribution in [2.24, 2.45) is 0 Å². The van der Waals surface area contributed by atoms with Gasteiger partial charge in [0.1, 0.15) is 5.60 Å². The highest BCUT2D eigenvalue weighted by molar-refractivity contribution is 6.62. The lowest BCUT2D eigenvalue weighted by atomic mass is 9.74. The first kappa shape index (κ1) is 23.7. The van der Waals surface area contributed by atoms with Crippen LogP contribution in [0.1, 0.15) is 63.3 Å². The van der Waals surface area contributed by atoms with Crippen LogP contribution in [-0.4, -0.2) is 23.4 Å². The van der Waals surface area contributed by atoms with Gasteiger partial charge >= 0.3 is 13.3 Å². The van der Waals surface area contributed by atoms with Crippen molar-refractivity contribution >= 4 is 12.6 Å². The maximum absolute atomic E-state index is 13.9. The number of halogens is 5. The van der Waals surface area contributed by atoms with E-state index in [9.17, 15) is 27.1 Å². The molecular formula is C22H24BF5O3. The quantitative estimate of drug-likeness (QED) is 0.523. The molecule has 0 saturated carbocycles. The SMILES string of the molecule is CC(O)(c1cccc(C(F)(F)F)c1)c1ccc(B2OC(C)(C)C(C)(C)O2)c(C(F)F)c1. The second kappa shape index (κ2) is 7.57. The van der Waals surface area contributed by atoms with Crippen molar-refractivity contribution in [3.8, 4) is 0 Å². The lowest BCUT2D eigenvalue weighted by Gasteiger charge is -2.32. The van der Waals surface area contributed by atoms with Crippen LogP contribution in [0.5, 0.6) is 0 Å². The molecule has 2 aromatic rings. The zero-order valence-corrected chi connectivity index (χ0v) is 17.8. The molecule has 31 heavy (non-hydrogen) atoms. The van der Waals surface area contributed by atoms with E-state index in [1.54, 1.807) is 27.7 Å². The zero-order valence-electron chi connectivity index (χ0n) is 17.8. The third-order valence-corrected chi connectivity index (χ3v) is 6.14. The summed E-state index contributed by atoms with van der Waals surface area (Å²) >= 11 is 0. The number of hydrogen-bond acceptors (Lipinski definition) is 3. The van der Waals surface area contributed by atoms with Gasteiger partial charge in [0.25, 0.3) is 6.43 Å². The summed E-state index contributed by atoms with van der Waals surface area (Å²) in [7, 11) is -1.04. The van der Waals surface area contributed by atoms with E-state index in [1.807, 2.05) is 0 Å². The summed E-state index contributed by atoms with van der Waals surface area (Å²) in [6.07, 6.45) is -7.51. The average molecular weight is 442 g/mol. The molecule has 0 bridgehead atoms. The topological polar surface area (TPSA) is 38.7 Å². The van der Waals surface area contributed by atoms with E-state index < -0.39 is 47.7 Å². The van der Waals surface area contributed by atoms with Crippen LogP contribution < -0.4 is 5.46 Å². The summed E-state index contributed by atoms with van der Waals surface area (Å²) in [4.78, 5) is 0. The highest BCUT2D eigenvalue weighted by Crippen LogP contribution is 2.39. The molecule has 3 nitrogen and oxygen atoms in total. The predicted molar refractivity (Wildman–Crippen MR) is 107 cm³/mol. The Balaban J connectivity index is 2.03. The van der Waals surface area contributed by atoms with Crippen molar-refractivity contribution in [3.63, 3.8) is 0 Å². The molecule has 3 rings (SSSR count). The maximum Gasteiger partial charge on any atom is 0.495 e. The molecule has 1 fully saturated rings. The standard InChI is InChI=1S/C22H24BF5O3/c1-19(2)20(3,4)31-23(30-19)17-10-9-14(12-16(17)18(24)25)21(5,29)13-7-6-8-15(11-13)22(26,27)28/h6-12,18,29H,1-5H3. The lowest BCUT2D eigenvalue weighted by molar-refractivity contribution is -0.137. The van der Waals surface area contributed by atoms with Gasteiger partial charge < -0.3 is 14.4 Å². The molecule has 168 valence electrons. The Morgan fingerprint density at radius 2 is 1.39 bits per heavy atom. The number of rotatable bonds is 4. The molecule has 1 unspecified atom stereocenters. The molecular weight excluding hydrogens is 418 g/mol. The fourth-order valence-electron chi connectivity index (χ4n) is 3.42. The second-order valence-corrected chi connectivity index (χ2v) is 8.88. The number of aliphatic hydroxyl groups is 1. The van der Waals surface area contributed by atoms with Gasteiger partial charge in [0, 0.05) is 5.56 Å². The first-order chi connectivity index (χ1) is 14.1. The monoisotopic (exact) mass is 442 g/mol. The molecule has 1 atom stereocenters. The van der Waals surface area contributed by atoms with E-state index in [4.69, 9.17) is 9.31 Å². The fraction of sp³-hybridized carbons (Fsp3) is 0.455. The summed E-state index contributed by atoms with van der Waals surface area (Å²) in [6.45, 7) is 8.44. The summed E-state index contributed by atoms with van der Waals surface area (Å²) in [6, 6.07) is 8.02. The van der Waals surface area contributed by atoms with Gasteiger partial charge in [-0.15, -0.1) is 0 Å². The predicted octanol–water partition coefficient (Wildman–Crippen LogP) is 5.20. The van der Waals surface area contributed by atoms with Crippen LogP contribution in [0.4, 0.5) is 22.0 Å². The van der Waals surface area contributed by atoms with E-state index >= 15 is 0 Å². The van der Waals surface area contributed by atoms with Crippen LogP contribution in [0.25, 0.3) is 0 Å². The van der Waals surface area contributed by atoms with Crippen LogP contribution in [0, 0.1) is 0 Å². The number of alkyl halides is 5. The van der Waals surface area contributed by atoms with Crippen molar-refractivity contribution < 1.29 is 36.4 Å². The molecule has 0 radical (unpaired) electrons. The highest BCUT2D eigenvalue weighted by Gasteiger charge is 2.52. The Labute approximate surface area is 178 Å². The third-order valence-electron chi connectivity index (χ3n) is 6.14. The van der Waals surface area contributed by atoms with Crippen molar-refractivity contribution in [2.75, 3.05) is 0 Å². The first-order valence-electron chi connectivity index (χ1n) is 9.74. The van der Waals surface area contributed by atoms with Gasteiger partial charge in [0.2, 0.25) is 0 Å². The number of benzene rings is 2. The fourth-order valence-corrected chi connectivity index (χ4v) is 3.42. The largest absolute Gasteiger partial charge is 0.495 e. The van der Waals surface area contributed by atoms with Crippen molar-refractivity contribution in [1.29, 1.82) is 0 Å². The summed E-state index contributed by atoms with van der Waals surface area (Å²) in [5.74, 6) is 0. The molecule has 1 aliphatic rings. The molecule has 0 amide bonds. The Morgan fingerprint density at radius 3 is 1.90 bits per heavy atom. The number of hydrogen-bond donors (Lipinski definition) is 1. The molecule has 2 aromatic carbocycles. The molecule has 9 heteroatoms. The maximum atomic E-state index is 13.9. The molecule has 0 spiro atoms. The van der Waals surface area contributed by atoms with E-state index in [0.29, 0.717) is 0 Å². The Kier molecular flexibility index (Phi) is 5.78. The van der Waals surface area contributed by atoms with E-state index in [0.717, 1.165) is 18.2 Å². The minimum absolute atomic E-state index is 0.0300. The first-order valence-corrected chi connectivity index (χ1v) is 9.74. The molecule has 1 saturated heterocycles. The Bertz CT molecular complexity index is 954. The van der Waals surface area contributed by atoms with E-state index in [2.05, 4.69) is 0 Å². The van der Waals surface area contributed by atoms with Gasteiger partial charge in [-0.1, -0.05) is 24.3 Å². The van der Waals surface area contributed by atoms with Gasteiger partial charge in [-0.2, -0.15) is 13.2 Å². The minimum Gasteiger partial charge on any atom is -0.399 e. The van der Waals surface area contributed by atoms with Crippen LogP contribution in [-0.2, 0) is 21.1 Å². The smallest absolute Gasteiger partial charge is 0.399 e. The average Bonchev–Trinajstić information content (AvgIpc) is 2.88. The van der Waals surface area contributed by atoms with Crippen LogP contribution in [0.3, 0.4) is 0 Å². The van der Waals surface area contributed by atoms with E-state index in [-0.39, 0.29) is 16.6 Å².